The zero-order chi connectivity index (χ0) is 23.5. The third-order valence-electron chi connectivity index (χ3n) is 6.61. The molecule has 1 N–H and O–H groups in total. The minimum Gasteiger partial charge on any atom is -0.497 e. The Hall–Kier alpha value is -3.65. The number of amides is 2. The van der Waals surface area contributed by atoms with E-state index in [9.17, 15) is 9.59 Å². The Bertz CT molecular complexity index is 1150. The van der Waals surface area contributed by atoms with Gasteiger partial charge in [-0.3, -0.25) is 9.59 Å². The number of imidazole rings is 1. The molecule has 1 saturated heterocycles. The molecular weight excluding hydrogens is 432 g/mol. The summed E-state index contributed by atoms with van der Waals surface area (Å²) in [7, 11) is 1.61. The van der Waals surface area contributed by atoms with Gasteiger partial charge in [0, 0.05) is 24.7 Å². The van der Waals surface area contributed by atoms with Gasteiger partial charge >= 0.3 is 0 Å². The van der Waals surface area contributed by atoms with E-state index in [1.54, 1.807) is 18.3 Å². The lowest BCUT2D eigenvalue weighted by molar-refractivity contribution is -0.121. The molecule has 2 aliphatic rings. The third kappa shape index (κ3) is 4.54. The number of hydrogen-bond donors (Lipinski definition) is 1. The van der Waals surface area contributed by atoms with Crippen molar-refractivity contribution in [3.05, 3.63) is 77.9 Å². The number of rotatable bonds is 5. The van der Waals surface area contributed by atoms with Gasteiger partial charge in [0.1, 0.15) is 11.9 Å². The smallest absolute Gasteiger partial charge is 0.274 e. The number of methoxy groups -OCH3 is 1. The van der Waals surface area contributed by atoms with E-state index in [-0.39, 0.29) is 23.8 Å². The van der Waals surface area contributed by atoms with Crippen molar-refractivity contribution in [3.63, 3.8) is 0 Å². The maximum Gasteiger partial charge on any atom is 0.274 e. The van der Waals surface area contributed by atoms with E-state index in [1.165, 1.54) is 0 Å². The van der Waals surface area contributed by atoms with Crippen LogP contribution in [0.25, 0.3) is 0 Å². The molecule has 8 nitrogen and oxygen atoms in total. The van der Waals surface area contributed by atoms with Gasteiger partial charge in [-0.2, -0.15) is 0 Å². The van der Waals surface area contributed by atoms with Gasteiger partial charge in [0.25, 0.3) is 5.91 Å². The van der Waals surface area contributed by atoms with Gasteiger partial charge in [0.15, 0.2) is 5.69 Å². The lowest BCUT2D eigenvalue weighted by atomic mass is 9.95. The number of anilines is 1. The molecule has 2 amide bonds. The lowest BCUT2D eigenvalue weighted by Crippen LogP contribution is -2.42. The molecule has 34 heavy (non-hydrogen) atoms. The Morgan fingerprint density at radius 3 is 2.50 bits per heavy atom. The van der Waals surface area contributed by atoms with Crippen LogP contribution in [-0.4, -0.2) is 46.5 Å². The second-order valence-corrected chi connectivity index (χ2v) is 8.69. The molecule has 8 heteroatoms. The highest BCUT2D eigenvalue weighted by molar-refractivity contribution is 5.95. The average molecular weight is 461 g/mol. The maximum atomic E-state index is 13.2. The summed E-state index contributed by atoms with van der Waals surface area (Å²) in [4.78, 5) is 32.1. The van der Waals surface area contributed by atoms with Crippen molar-refractivity contribution in [3.8, 4) is 5.75 Å². The van der Waals surface area contributed by atoms with Gasteiger partial charge in [0.05, 0.1) is 32.3 Å². The van der Waals surface area contributed by atoms with Crippen molar-refractivity contribution in [2.24, 2.45) is 5.92 Å². The Kier molecular flexibility index (Phi) is 6.31. The van der Waals surface area contributed by atoms with Crippen LogP contribution < -0.4 is 10.1 Å². The number of hydrogen-bond acceptors (Lipinski definition) is 5. The SMILES string of the molecule is COc1ccc(NC(=O)C2CCN(C(=O)c3ncn4c3CO[C@H](c3ccccc3)C4)CC2)cc1. The van der Waals surface area contributed by atoms with E-state index >= 15 is 0 Å². The van der Waals surface area contributed by atoms with E-state index in [0.29, 0.717) is 44.8 Å². The largest absolute Gasteiger partial charge is 0.497 e. The molecule has 0 unspecified atom stereocenters. The summed E-state index contributed by atoms with van der Waals surface area (Å²) in [5, 5.41) is 2.96. The highest BCUT2D eigenvalue weighted by atomic mass is 16.5. The average Bonchev–Trinajstić information content (AvgIpc) is 3.32. The fourth-order valence-electron chi connectivity index (χ4n) is 4.59. The Labute approximate surface area is 198 Å². The first-order chi connectivity index (χ1) is 16.6. The van der Waals surface area contributed by atoms with Crippen LogP contribution in [0.15, 0.2) is 60.9 Å². The monoisotopic (exact) mass is 460 g/mol. The fourth-order valence-corrected chi connectivity index (χ4v) is 4.59. The van der Waals surface area contributed by atoms with E-state index in [2.05, 4.69) is 10.3 Å². The summed E-state index contributed by atoms with van der Waals surface area (Å²) in [6.07, 6.45) is 2.92. The molecule has 3 aromatic rings. The second-order valence-electron chi connectivity index (χ2n) is 8.69. The molecule has 0 spiro atoms. The zero-order valence-electron chi connectivity index (χ0n) is 19.1. The van der Waals surface area contributed by atoms with Crippen molar-refractivity contribution < 1.29 is 19.1 Å². The Balaban J connectivity index is 1.17. The fraction of sp³-hybridized carbons (Fsp3) is 0.346. The minimum absolute atomic E-state index is 0.0167. The number of aromatic nitrogens is 2. The molecule has 1 aromatic heterocycles. The summed E-state index contributed by atoms with van der Waals surface area (Å²) in [5.41, 5.74) is 3.12. The molecule has 2 aliphatic heterocycles. The highest BCUT2D eigenvalue weighted by Crippen LogP contribution is 2.29. The first-order valence-corrected chi connectivity index (χ1v) is 11.6. The first kappa shape index (κ1) is 22.2. The molecule has 0 aliphatic carbocycles. The number of nitrogens with zero attached hydrogens (tertiary/aromatic N) is 3. The molecular formula is C26H28N4O4. The van der Waals surface area contributed by atoms with Crippen LogP contribution in [0.1, 0.15) is 40.7 Å². The zero-order valence-corrected chi connectivity index (χ0v) is 19.1. The van der Waals surface area contributed by atoms with Crippen LogP contribution in [0.5, 0.6) is 5.75 Å². The van der Waals surface area contributed by atoms with E-state index in [1.807, 2.05) is 59.2 Å². The van der Waals surface area contributed by atoms with Gasteiger partial charge in [-0.15, -0.1) is 0 Å². The number of carbonyl (C=O) groups is 2. The first-order valence-electron chi connectivity index (χ1n) is 11.6. The number of benzene rings is 2. The molecule has 0 bridgehead atoms. The molecule has 5 rings (SSSR count). The summed E-state index contributed by atoms with van der Waals surface area (Å²) >= 11 is 0. The molecule has 0 radical (unpaired) electrons. The number of piperidine rings is 1. The molecule has 176 valence electrons. The minimum atomic E-state index is -0.128. The van der Waals surface area contributed by atoms with E-state index < -0.39 is 0 Å². The van der Waals surface area contributed by atoms with Crippen LogP contribution in [-0.2, 0) is 22.7 Å². The summed E-state index contributed by atoms with van der Waals surface area (Å²) < 4.78 is 13.2. The molecule has 1 atom stereocenters. The van der Waals surface area contributed by atoms with Gasteiger partial charge in [-0.1, -0.05) is 30.3 Å². The van der Waals surface area contributed by atoms with Gasteiger partial charge in [0.2, 0.25) is 5.91 Å². The predicted molar refractivity (Wildman–Crippen MR) is 126 cm³/mol. The van der Waals surface area contributed by atoms with Crippen molar-refractivity contribution in [2.45, 2.75) is 32.1 Å². The number of carbonyl (C=O) groups excluding carboxylic acids is 2. The van der Waals surface area contributed by atoms with E-state index in [4.69, 9.17) is 9.47 Å². The van der Waals surface area contributed by atoms with Crippen molar-refractivity contribution >= 4 is 17.5 Å². The summed E-state index contributed by atoms with van der Waals surface area (Å²) in [6.45, 7) is 2.03. The van der Waals surface area contributed by atoms with Crippen LogP contribution in [0.4, 0.5) is 5.69 Å². The molecule has 1 fully saturated rings. The molecule has 0 saturated carbocycles. The topological polar surface area (TPSA) is 85.7 Å². The quantitative estimate of drug-likeness (QED) is 0.628. The number of ether oxygens (including phenoxy) is 2. The van der Waals surface area contributed by atoms with Crippen LogP contribution in [0.3, 0.4) is 0 Å². The third-order valence-corrected chi connectivity index (χ3v) is 6.61. The van der Waals surface area contributed by atoms with Gasteiger partial charge in [-0.05, 0) is 42.7 Å². The number of fused-ring (bicyclic) bond motifs is 1. The number of likely N-dealkylation sites (tertiary alicyclic amines) is 1. The second kappa shape index (κ2) is 9.69. The maximum absolute atomic E-state index is 13.2. The van der Waals surface area contributed by atoms with Crippen LogP contribution in [0, 0.1) is 5.92 Å². The summed E-state index contributed by atoms with van der Waals surface area (Å²) in [5.74, 6) is 0.505. The lowest BCUT2D eigenvalue weighted by Gasteiger charge is -2.31. The predicted octanol–water partition coefficient (Wildman–Crippen LogP) is 3.65. The Morgan fingerprint density at radius 1 is 1.06 bits per heavy atom. The van der Waals surface area contributed by atoms with Crippen LogP contribution in [0.2, 0.25) is 0 Å². The summed E-state index contributed by atoms with van der Waals surface area (Å²) in [6, 6.07) is 17.3. The number of nitrogens with one attached hydrogen (secondary N) is 1. The molecule has 2 aromatic carbocycles. The Morgan fingerprint density at radius 2 is 1.79 bits per heavy atom. The van der Waals surface area contributed by atoms with Crippen LogP contribution >= 0.6 is 0 Å². The standard InChI is InChI=1S/C26H28N4O4/c1-33-21-9-7-20(8-10-21)28-25(31)19-11-13-29(14-12-19)26(32)24-22-16-34-23(15-30(22)17-27-24)18-5-3-2-4-6-18/h2-10,17,19,23H,11-16H2,1H3,(H,28,31)/t23-/m0/s1. The normalized spacial score (nSPS) is 18.3. The van der Waals surface area contributed by atoms with Gasteiger partial charge in [-0.25, -0.2) is 4.98 Å². The van der Waals surface area contributed by atoms with Crippen molar-refractivity contribution in [1.29, 1.82) is 0 Å². The van der Waals surface area contributed by atoms with Crippen molar-refractivity contribution in [1.82, 2.24) is 14.5 Å². The highest BCUT2D eigenvalue weighted by Gasteiger charge is 2.32. The van der Waals surface area contributed by atoms with E-state index in [0.717, 1.165) is 22.7 Å². The van der Waals surface area contributed by atoms with Gasteiger partial charge < -0.3 is 24.3 Å². The molecule has 3 heterocycles. The van der Waals surface area contributed by atoms with Crippen molar-refractivity contribution in [2.75, 3.05) is 25.5 Å².